The van der Waals surface area contributed by atoms with Gasteiger partial charge in [0.15, 0.2) is 5.82 Å². The van der Waals surface area contributed by atoms with E-state index in [4.69, 9.17) is 10.7 Å². The summed E-state index contributed by atoms with van der Waals surface area (Å²) in [7, 11) is 0. The smallest absolute Gasteiger partial charge is 0.161 e. The molecule has 1 aromatic heterocycles. The van der Waals surface area contributed by atoms with Crippen LogP contribution in [-0.4, -0.2) is 9.97 Å². The van der Waals surface area contributed by atoms with E-state index >= 15 is 0 Å². The molecule has 0 radical (unpaired) electrons. The van der Waals surface area contributed by atoms with Crippen molar-refractivity contribution < 1.29 is 0 Å². The fourth-order valence-corrected chi connectivity index (χ4v) is 3.28. The molecule has 0 unspecified atom stereocenters. The van der Waals surface area contributed by atoms with Gasteiger partial charge in [-0.25, -0.2) is 9.97 Å². The van der Waals surface area contributed by atoms with Crippen LogP contribution in [-0.2, 0) is 12.8 Å². The highest BCUT2D eigenvalue weighted by atomic mass is 15.0. The summed E-state index contributed by atoms with van der Waals surface area (Å²) in [6.45, 7) is 0. The Morgan fingerprint density at radius 1 is 1.00 bits per heavy atom. The number of hydrogen-bond acceptors (Lipinski definition) is 3. The number of nitrogen functional groups attached to an aromatic ring is 1. The summed E-state index contributed by atoms with van der Waals surface area (Å²) in [5, 5.41) is 0. The topological polar surface area (TPSA) is 51.8 Å². The van der Waals surface area contributed by atoms with Crippen LogP contribution in [0.5, 0.6) is 0 Å². The highest BCUT2D eigenvalue weighted by Gasteiger charge is 2.24. The standard InChI is InChI=1S/C18H21N3/c19-17-15-7-2-1-3-8-16(15)20-18(21-17)14-6-4-5-13(11-14)12-9-10-12/h4-6,11-12H,1-3,7-10H2,(H2,19,20,21). The first-order valence-corrected chi connectivity index (χ1v) is 8.07. The summed E-state index contributed by atoms with van der Waals surface area (Å²) in [6.07, 6.45) is 8.39. The van der Waals surface area contributed by atoms with E-state index in [0.29, 0.717) is 5.82 Å². The van der Waals surface area contributed by atoms with Crippen molar-refractivity contribution in [1.82, 2.24) is 9.97 Å². The molecule has 0 bridgehead atoms. The summed E-state index contributed by atoms with van der Waals surface area (Å²) in [4.78, 5) is 9.42. The number of hydrogen-bond donors (Lipinski definition) is 1. The molecule has 108 valence electrons. The highest BCUT2D eigenvalue weighted by molar-refractivity contribution is 5.60. The first-order valence-electron chi connectivity index (χ1n) is 8.07. The molecule has 3 heteroatoms. The Bertz CT molecular complexity index is 674. The molecule has 0 spiro atoms. The number of rotatable bonds is 2. The minimum atomic E-state index is 0.689. The summed E-state index contributed by atoms with van der Waals surface area (Å²) in [6, 6.07) is 8.68. The molecule has 2 aliphatic rings. The molecule has 0 amide bonds. The molecule has 21 heavy (non-hydrogen) atoms. The maximum atomic E-state index is 6.21. The molecule has 0 saturated heterocycles. The third-order valence-corrected chi connectivity index (χ3v) is 4.66. The highest BCUT2D eigenvalue weighted by Crippen LogP contribution is 2.41. The zero-order valence-corrected chi connectivity index (χ0v) is 12.3. The number of nitrogens with two attached hydrogens (primary N) is 1. The zero-order chi connectivity index (χ0) is 14.2. The number of aryl methyl sites for hydroxylation is 1. The van der Waals surface area contributed by atoms with Crippen molar-refractivity contribution >= 4 is 5.82 Å². The second-order valence-electron chi connectivity index (χ2n) is 6.32. The molecule has 2 aliphatic carbocycles. The van der Waals surface area contributed by atoms with E-state index in [9.17, 15) is 0 Å². The average molecular weight is 279 g/mol. The van der Waals surface area contributed by atoms with E-state index in [2.05, 4.69) is 29.2 Å². The predicted molar refractivity (Wildman–Crippen MR) is 85.1 cm³/mol. The van der Waals surface area contributed by atoms with Gasteiger partial charge in [-0.05, 0) is 56.1 Å². The van der Waals surface area contributed by atoms with E-state index in [-0.39, 0.29) is 0 Å². The molecule has 0 aliphatic heterocycles. The van der Waals surface area contributed by atoms with Crippen LogP contribution in [0.15, 0.2) is 24.3 Å². The molecule has 0 atom stereocenters. The lowest BCUT2D eigenvalue weighted by Gasteiger charge is -2.11. The quantitative estimate of drug-likeness (QED) is 0.849. The molecule has 3 nitrogen and oxygen atoms in total. The Morgan fingerprint density at radius 2 is 1.86 bits per heavy atom. The molecule has 2 aromatic rings. The van der Waals surface area contributed by atoms with Crippen LogP contribution in [0.1, 0.15) is 54.8 Å². The zero-order valence-electron chi connectivity index (χ0n) is 12.3. The third-order valence-electron chi connectivity index (χ3n) is 4.66. The lowest BCUT2D eigenvalue weighted by Crippen LogP contribution is -2.06. The number of aromatic nitrogens is 2. The predicted octanol–water partition coefficient (Wildman–Crippen LogP) is 3.87. The Hall–Kier alpha value is -1.90. The van der Waals surface area contributed by atoms with Crippen molar-refractivity contribution in [1.29, 1.82) is 0 Å². The first kappa shape index (κ1) is 12.8. The fourth-order valence-electron chi connectivity index (χ4n) is 3.28. The molecule has 1 heterocycles. The lowest BCUT2D eigenvalue weighted by atomic mass is 10.1. The summed E-state index contributed by atoms with van der Waals surface area (Å²) >= 11 is 0. The van der Waals surface area contributed by atoms with Gasteiger partial charge >= 0.3 is 0 Å². The van der Waals surface area contributed by atoms with Crippen LogP contribution in [0.4, 0.5) is 5.82 Å². The molecule has 1 saturated carbocycles. The van der Waals surface area contributed by atoms with Crippen molar-refractivity contribution in [2.75, 3.05) is 5.73 Å². The third kappa shape index (κ3) is 2.53. The van der Waals surface area contributed by atoms with Gasteiger partial charge in [0, 0.05) is 16.8 Å². The summed E-state index contributed by atoms with van der Waals surface area (Å²) in [5.41, 5.74) is 11.1. The maximum absolute atomic E-state index is 6.21. The Morgan fingerprint density at radius 3 is 2.71 bits per heavy atom. The number of benzene rings is 1. The van der Waals surface area contributed by atoms with Gasteiger partial charge in [-0.15, -0.1) is 0 Å². The lowest BCUT2D eigenvalue weighted by molar-refractivity contribution is 0.709. The van der Waals surface area contributed by atoms with Crippen LogP contribution in [0.25, 0.3) is 11.4 Å². The normalized spacial score (nSPS) is 18.1. The van der Waals surface area contributed by atoms with E-state index in [0.717, 1.165) is 30.1 Å². The molecular weight excluding hydrogens is 258 g/mol. The van der Waals surface area contributed by atoms with E-state index in [1.54, 1.807) is 0 Å². The van der Waals surface area contributed by atoms with Crippen molar-refractivity contribution in [3.05, 3.63) is 41.1 Å². The number of anilines is 1. The van der Waals surface area contributed by atoms with Crippen LogP contribution in [0, 0.1) is 0 Å². The Kier molecular flexibility index (Phi) is 3.13. The van der Waals surface area contributed by atoms with E-state index in [1.165, 1.54) is 48.9 Å². The van der Waals surface area contributed by atoms with Gasteiger partial charge < -0.3 is 5.73 Å². The SMILES string of the molecule is Nc1nc(-c2cccc(C3CC3)c2)nc2c1CCCCC2. The van der Waals surface area contributed by atoms with Crippen LogP contribution >= 0.6 is 0 Å². The summed E-state index contributed by atoms with van der Waals surface area (Å²) < 4.78 is 0. The van der Waals surface area contributed by atoms with E-state index in [1.807, 2.05) is 0 Å². The van der Waals surface area contributed by atoms with Crippen molar-refractivity contribution in [2.24, 2.45) is 0 Å². The second-order valence-corrected chi connectivity index (χ2v) is 6.32. The summed E-state index contributed by atoms with van der Waals surface area (Å²) in [5.74, 6) is 2.24. The van der Waals surface area contributed by atoms with Crippen LogP contribution in [0.2, 0.25) is 0 Å². The molecule has 2 N–H and O–H groups in total. The van der Waals surface area contributed by atoms with Gasteiger partial charge in [-0.2, -0.15) is 0 Å². The van der Waals surface area contributed by atoms with Gasteiger partial charge in [0.05, 0.1) is 0 Å². The fraction of sp³-hybridized carbons (Fsp3) is 0.444. The molecular formula is C18H21N3. The first-order chi connectivity index (χ1) is 10.3. The largest absolute Gasteiger partial charge is 0.383 e. The van der Waals surface area contributed by atoms with Gasteiger partial charge in [0.2, 0.25) is 0 Å². The van der Waals surface area contributed by atoms with Gasteiger partial charge in [-0.3, -0.25) is 0 Å². The molecule has 1 fully saturated rings. The average Bonchev–Trinajstić information content (AvgIpc) is 3.34. The monoisotopic (exact) mass is 279 g/mol. The second kappa shape index (κ2) is 5.14. The maximum Gasteiger partial charge on any atom is 0.161 e. The minimum Gasteiger partial charge on any atom is -0.383 e. The molecule has 4 rings (SSSR count). The number of nitrogens with zero attached hydrogens (tertiary/aromatic N) is 2. The molecule has 1 aromatic carbocycles. The van der Waals surface area contributed by atoms with Crippen LogP contribution < -0.4 is 5.73 Å². The van der Waals surface area contributed by atoms with Crippen molar-refractivity contribution in [2.45, 2.75) is 50.9 Å². The van der Waals surface area contributed by atoms with Crippen molar-refractivity contribution in [3.63, 3.8) is 0 Å². The van der Waals surface area contributed by atoms with Crippen LogP contribution in [0.3, 0.4) is 0 Å². The van der Waals surface area contributed by atoms with E-state index < -0.39 is 0 Å². The van der Waals surface area contributed by atoms with Gasteiger partial charge in [0.1, 0.15) is 5.82 Å². The minimum absolute atomic E-state index is 0.689. The van der Waals surface area contributed by atoms with Gasteiger partial charge in [-0.1, -0.05) is 24.6 Å². The van der Waals surface area contributed by atoms with Gasteiger partial charge in [0.25, 0.3) is 0 Å². The number of fused-ring (bicyclic) bond motifs is 1. The van der Waals surface area contributed by atoms with Crippen molar-refractivity contribution in [3.8, 4) is 11.4 Å². The Labute approximate surface area is 125 Å². The Balaban J connectivity index is 1.76.